The summed E-state index contributed by atoms with van der Waals surface area (Å²) in [5.41, 5.74) is 1.63. The number of para-hydroxylation sites is 1. The zero-order valence-corrected chi connectivity index (χ0v) is 14.9. The molecule has 5 nitrogen and oxygen atoms in total. The van der Waals surface area contributed by atoms with Crippen molar-refractivity contribution in [2.75, 3.05) is 0 Å². The maximum absolute atomic E-state index is 13.3. The molecule has 2 aromatic heterocycles. The maximum Gasteiger partial charge on any atom is 0.267 e. The van der Waals surface area contributed by atoms with Gasteiger partial charge in [-0.15, -0.1) is 0 Å². The molecule has 0 aliphatic carbocycles. The van der Waals surface area contributed by atoms with Gasteiger partial charge in [0.25, 0.3) is 5.56 Å². The fourth-order valence-corrected chi connectivity index (χ4v) is 3.61. The van der Waals surface area contributed by atoms with Gasteiger partial charge in [-0.3, -0.25) is 14.2 Å². The van der Waals surface area contributed by atoms with Crippen LogP contribution >= 0.6 is 0 Å². The number of aryl methyl sites for hydroxylation is 2. The van der Waals surface area contributed by atoms with Crippen LogP contribution in [0.25, 0.3) is 21.9 Å². The van der Waals surface area contributed by atoms with Crippen LogP contribution in [0.2, 0.25) is 0 Å². The normalized spacial score (nSPS) is 12.6. The predicted octanol–water partition coefficient (Wildman–Crippen LogP) is 3.17. The molecular weight excluding hydrogens is 326 g/mol. The van der Waals surface area contributed by atoms with Crippen LogP contribution in [0.4, 0.5) is 0 Å². The van der Waals surface area contributed by atoms with E-state index >= 15 is 0 Å². The number of aromatic nitrogens is 3. The molecule has 1 atom stereocenters. The van der Waals surface area contributed by atoms with Crippen molar-refractivity contribution in [2.24, 2.45) is 7.05 Å². The summed E-state index contributed by atoms with van der Waals surface area (Å²) in [5.74, 6) is 0.587. The van der Waals surface area contributed by atoms with E-state index in [0.717, 1.165) is 11.1 Å². The Kier molecular flexibility index (Phi) is 3.72. The van der Waals surface area contributed by atoms with Gasteiger partial charge in [0.2, 0.25) is 5.43 Å². The van der Waals surface area contributed by atoms with E-state index in [0.29, 0.717) is 16.9 Å². The fraction of sp³-hybridized carbons (Fsp3) is 0.190. The highest BCUT2D eigenvalue weighted by atomic mass is 16.1. The highest BCUT2D eigenvalue weighted by molar-refractivity contribution is 5.91. The van der Waals surface area contributed by atoms with Gasteiger partial charge in [-0.2, -0.15) is 0 Å². The van der Waals surface area contributed by atoms with Crippen molar-refractivity contribution in [3.8, 4) is 0 Å². The van der Waals surface area contributed by atoms with Crippen LogP contribution in [0.1, 0.15) is 24.4 Å². The molecule has 4 aromatic rings. The average Bonchev–Trinajstić information content (AvgIpc) is 2.66. The van der Waals surface area contributed by atoms with Crippen LogP contribution in [0.3, 0.4) is 0 Å². The Bertz CT molecular complexity index is 1250. The second-order valence-corrected chi connectivity index (χ2v) is 6.52. The molecule has 0 saturated heterocycles. The fourth-order valence-electron chi connectivity index (χ4n) is 3.61. The number of benzene rings is 2. The first-order valence-corrected chi connectivity index (χ1v) is 8.56. The molecule has 0 radical (unpaired) electrons. The van der Waals surface area contributed by atoms with E-state index in [4.69, 9.17) is 0 Å². The summed E-state index contributed by atoms with van der Waals surface area (Å²) < 4.78 is 3.42. The summed E-state index contributed by atoms with van der Waals surface area (Å²) in [6, 6.07) is 16.8. The molecule has 130 valence electrons. The molecule has 26 heavy (non-hydrogen) atoms. The summed E-state index contributed by atoms with van der Waals surface area (Å²) in [4.78, 5) is 30.9. The van der Waals surface area contributed by atoms with Gasteiger partial charge in [-0.1, -0.05) is 42.5 Å². The molecule has 0 aliphatic heterocycles. The zero-order chi connectivity index (χ0) is 18.4. The molecule has 0 amide bonds. The van der Waals surface area contributed by atoms with Gasteiger partial charge in [0.15, 0.2) is 5.65 Å². The number of hydrogen-bond acceptors (Lipinski definition) is 3. The maximum atomic E-state index is 13.3. The van der Waals surface area contributed by atoms with E-state index in [9.17, 15) is 9.59 Å². The molecular formula is C21H19N3O2. The summed E-state index contributed by atoms with van der Waals surface area (Å²) in [6.07, 6.45) is 0. The third-order valence-corrected chi connectivity index (χ3v) is 5.00. The minimum absolute atomic E-state index is 0.139. The molecule has 0 unspecified atom stereocenters. The summed E-state index contributed by atoms with van der Waals surface area (Å²) in [6.45, 7) is 3.75. The SMILES string of the molecule is Cc1nc2c(c(=O)c3ccccc3n2C)c(=O)n1[C@@H](C)c1ccccc1. The van der Waals surface area contributed by atoms with Crippen molar-refractivity contribution >= 4 is 21.9 Å². The summed E-state index contributed by atoms with van der Waals surface area (Å²) >= 11 is 0. The van der Waals surface area contributed by atoms with Gasteiger partial charge in [-0.25, -0.2) is 4.98 Å². The zero-order valence-electron chi connectivity index (χ0n) is 14.9. The molecule has 0 saturated carbocycles. The first kappa shape index (κ1) is 16.3. The Morgan fingerprint density at radius 2 is 1.62 bits per heavy atom. The Labute approximate surface area is 150 Å². The standard InChI is InChI=1S/C21H19N3O2/c1-13(15-9-5-4-6-10-15)24-14(2)22-20-18(21(24)26)19(25)16-11-7-8-12-17(16)23(20)3/h4-13H,1-3H3/t13-/m0/s1. The number of pyridine rings is 1. The van der Waals surface area contributed by atoms with E-state index in [1.54, 1.807) is 17.6 Å². The van der Waals surface area contributed by atoms with Gasteiger partial charge in [-0.05, 0) is 31.5 Å². The van der Waals surface area contributed by atoms with Crippen molar-refractivity contribution in [3.63, 3.8) is 0 Å². The highest BCUT2D eigenvalue weighted by Crippen LogP contribution is 2.19. The molecule has 0 N–H and O–H groups in total. The third-order valence-electron chi connectivity index (χ3n) is 5.00. The lowest BCUT2D eigenvalue weighted by Gasteiger charge is -2.19. The van der Waals surface area contributed by atoms with Gasteiger partial charge in [0.05, 0.1) is 11.6 Å². The van der Waals surface area contributed by atoms with E-state index in [2.05, 4.69) is 4.98 Å². The molecule has 0 aliphatic rings. The molecule has 2 heterocycles. The van der Waals surface area contributed by atoms with Gasteiger partial charge in [0, 0.05) is 12.4 Å². The van der Waals surface area contributed by atoms with Crippen molar-refractivity contribution in [1.29, 1.82) is 0 Å². The average molecular weight is 345 g/mol. The van der Waals surface area contributed by atoms with Crippen molar-refractivity contribution in [2.45, 2.75) is 19.9 Å². The Balaban J connectivity index is 2.12. The van der Waals surface area contributed by atoms with Gasteiger partial charge < -0.3 is 4.57 Å². The third kappa shape index (κ3) is 2.28. The van der Waals surface area contributed by atoms with Crippen LogP contribution in [-0.4, -0.2) is 14.1 Å². The minimum atomic E-state index is -0.296. The lowest BCUT2D eigenvalue weighted by Crippen LogP contribution is -2.31. The summed E-state index contributed by atoms with van der Waals surface area (Å²) in [5, 5.41) is 0.670. The van der Waals surface area contributed by atoms with Gasteiger partial charge in [0.1, 0.15) is 11.2 Å². The van der Waals surface area contributed by atoms with Gasteiger partial charge >= 0.3 is 0 Å². The van der Waals surface area contributed by atoms with E-state index < -0.39 is 0 Å². The monoisotopic (exact) mass is 345 g/mol. The van der Waals surface area contributed by atoms with E-state index in [1.165, 1.54) is 0 Å². The van der Waals surface area contributed by atoms with Crippen LogP contribution in [-0.2, 0) is 7.05 Å². The van der Waals surface area contributed by atoms with Crippen molar-refractivity contribution < 1.29 is 0 Å². The molecule has 5 heteroatoms. The van der Waals surface area contributed by atoms with Crippen molar-refractivity contribution in [1.82, 2.24) is 14.1 Å². The molecule has 2 aromatic carbocycles. The largest absolute Gasteiger partial charge is 0.328 e. The van der Waals surface area contributed by atoms with Crippen LogP contribution < -0.4 is 11.0 Å². The second-order valence-electron chi connectivity index (χ2n) is 6.52. The quantitative estimate of drug-likeness (QED) is 0.524. The lowest BCUT2D eigenvalue weighted by molar-refractivity contribution is 0.586. The molecule has 0 spiro atoms. The topological polar surface area (TPSA) is 56.9 Å². The predicted molar refractivity (Wildman–Crippen MR) is 104 cm³/mol. The molecule has 4 rings (SSSR count). The van der Waals surface area contributed by atoms with Crippen LogP contribution in [0.5, 0.6) is 0 Å². The van der Waals surface area contributed by atoms with E-state index in [-0.39, 0.29) is 22.4 Å². The van der Waals surface area contributed by atoms with Crippen LogP contribution in [0.15, 0.2) is 64.2 Å². The number of nitrogens with zero attached hydrogens (tertiary/aromatic N) is 3. The number of hydrogen-bond donors (Lipinski definition) is 0. The Morgan fingerprint density at radius 3 is 2.35 bits per heavy atom. The Morgan fingerprint density at radius 1 is 0.962 bits per heavy atom. The number of rotatable bonds is 2. The second kappa shape index (κ2) is 5.95. The van der Waals surface area contributed by atoms with E-state index in [1.807, 2.05) is 67.1 Å². The lowest BCUT2D eigenvalue weighted by atomic mass is 10.1. The first-order valence-electron chi connectivity index (χ1n) is 8.56. The van der Waals surface area contributed by atoms with Crippen LogP contribution in [0, 0.1) is 6.92 Å². The molecule has 0 fully saturated rings. The van der Waals surface area contributed by atoms with Crippen molar-refractivity contribution in [3.05, 3.63) is 86.6 Å². The first-order chi connectivity index (χ1) is 12.5. The molecule has 0 bridgehead atoms. The Hall–Kier alpha value is -3.21. The summed E-state index contributed by atoms with van der Waals surface area (Å²) in [7, 11) is 1.83. The number of fused-ring (bicyclic) bond motifs is 2. The minimum Gasteiger partial charge on any atom is -0.328 e. The smallest absolute Gasteiger partial charge is 0.267 e. The highest BCUT2D eigenvalue weighted by Gasteiger charge is 2.19.